The number of nitrogens with one attached hydrogen (secondary N) is 2. The van der Waals surface area contributed by atoms with Gasteiger partial charge in [0, 0.05) is 11.8 Å². The summed E-state index contributed by atoms with van der Waals surface area (Å²) in [5.74, 6) is 0.142. The highest BCUT2D eigenvalue weighted by atomic mass is 32.2. The highest BCUT2D eigenvalue weighted by molar-refractivity contribution is 7.92. The van der Waals surface area contributed by atoms with Gasteiger partial charge in [0.1, 0.15) is 5.75 Å². The number of carbonyl (C=O) groups excluding carboxylic acids is 1. The Hall–Kier alpha value is -3.32. The number of sulfonamides is 1. The van der Waals surface area contributed by atoms with Gasteiger partial charge in [-0.15, -0.1) is 0 Å². The maximum absolute atomic E-state index is 12.4. The molecule has 7 heteroatoms. The van der Waals surface area contributed by atoms with Gasteiger partial charge in [-0.2, -0.15) is 0 Å². The molecule has 0 aliphatic rings. The lowest BCUT2D eigenvalue weighted by molar-refractivity contribution is -0.115. The van der Waals surface area contributed by atoms with E-state index >= 15 is 0 Å². The van der Waals surface area contributed by atoms with Crippen molar-refractivity contribution in [3.05, 3.63) is 78.4 Å². The summed E-state index contributed by atoms with van der Waals surface area (Å²) >= 11 is 0. The summed E-state index contributed by atoms with van der Waals surface area (Å²) < 4.78 is 30.4. The lowest BCUT2D eigenvalue weighted by atomic mass is 10.0. The first kappa shape index (κ1) is 20.4. The van der Waals surface area contributed by atoms with Gasteiger partial charge in [-0.3, -0.25) is 9.52 Å². The van der Waals surface area contributed by atoms with Crippen molar-refractivity contribution >= 4 is 27.3 Å². The molecule has 6 nitrogen and oxygen atoms in total. The van der Waals surface area contributed by atoms with E-state index in [1.165, 1.54) is 7.11 Å². The minimum absolute atomic E-state index is 0.177. The van der Waals surface area contributed by atoms with Crippen LogP contribution < -0.4 is 14.8 Å². The van der Waals surface area contributed by atoms with Gasteiger partial charge < -0.3 is 10.1 Å². The molecule has 0 spiro atoms. The minimum atomic E-state index is -3.43. The molecule has 1 amide bonds. The average Bonchev–Trinajstić information content (AvgIpc) is 2.69. The Morgan fingerprint density at radius 1 is 0.931 bits per heavy atom. The molecule has 2 N–H and O–H groups in total. The molecule has 0 aliphatic heterocycles. The van der Waals surface area contributed by atoms with Crippen molar-refractivity contribution in [2.45, 2.75) is 6.42 Å². The van der Waals surface area contributed by atoms with E-state index in [1.807, 2.05) is 54.6 Å². The second kappa shape index (κ2) is 8.79. The summed E-state index contributed by atoms with van der Waals surface area (Å²) in [4.78, 5) is 12.4. The SMILES string of the molecule is COc1cc(NC(=O)Cc2ccc(-c3ccccc3)cc2)ccc1NS(C)(=O)=O. The summed E-state index contributed by atoms with van der Waals surface area (Å²) in [5.41, 5.74) is 3.94. The van der Waals surface area contributed by atoms with Crippen molar-refractivity contribution in [1.29, 1.82) is 0 Å². The number of carbonyl (C=O) groups is 1. The van der Waals surface area contributed by atoms with Crippen LogP contribution in [0.3, 0.4) is 0 Å². The van der Waals surface area contributed by atoms with E-state index in [0.717, 1.165) is 22.9 Å². The molecule has 3 aromatic rings. The van der Waals surface area contributed by atoms with Gasteiger partial charge in [-0.25, -0.2) is 8.42 Å². The zero-order valence-electron chi connectivity index (χ0n) is 16.2. The van der Waals surface area contributed by atoms with E-state index in [9.17, 15) is 13.2 Å². The molecule has 0 saturated carbocycles. The van der Waals surface area contributed by atoms with E-state index in [-0.39, 0.29) is 12.3 Å². The Labute approximate surface area is 170 Å². The number of methoxy groups -OCH3 is 1. The molecule has 0 fully saturated rings. The first-order valence-corrected chi connectivity index (χ1v) is 10.8. The topological polar surface area (TPSA) is 84.5 Å². The number of ether oxygens (including phenoxy) is 1. The third-order valence-electron chi connectivity index (χ3n) is 4.21. The summed E-state index contributed by atoms with van der Waals surface area (Å²) in [5, 5.41) is 2.81. The molecule has 0 aromatic heterocycles. The van der Waals surface area contributed by atoms with Crippen LogP contribution in [0.25, 0.3) is 11.1 Å². The molecule has 29 heavy (non-hydrogen) atoms. The summed E-state index contributed by atoms with van der Waals surface area (Å²) in [6, 6.07) is 22.6. The van der Waals surface area contributed by atoms with Crippen LogP contribution in [0.4, 0.5) is 11.4 Å². The zero-order valence-corrected chi connectivity index (χ0v) is 17.0. The largest absolute Gasteiger partial charge is 0.494 e. The third-order valence-corrected chi connectivity index (χ3v) is 4.80. The van der Waals surface area contributed by atoms with Crippen LogP contribution in [0.5, 0.6) is 5.75 Å². The van der Waals surface area contributed by atoms with Crippen molar-refractivity contribution in [1.82, 2.24) is 0 Å². The molecule has 0 unspecified atom stereocenters. The fourth-order valence-corrected chi connectivity index (χ4v) is 3.46. The highest BCUT2D eigenvalue weighted by Gasteiger charge is 2.11. The molecule has 3 rings (SSSR count). The van der Waals surface area contributed by atoms with E-state index in [0.29, 0.717) is 17.1 Å². The highest BCUT2D eigenvalue weighted by Crippen LogP contribution is 2.28. The zero-order chi connectivity index (χ0) is 20.9. The molecular weight excluding hydrogens is 388 g/mol. The fourth-order valence-electron chi connectivity index (χ4n) is 2.89. The molecule has 0 radical (unpaired) electrons. The molecule has 150 valence electrons. The number of amides is 1. The Morgan fingerprint density at radius 2 is 1.59 bits per heavy atom. The van der Waals surface area contributed by atoms with Gasteiger partial charge in [0.05, 0.1) is 25.5 Å². The Kier molecular flexibility index (Phi) is 6.19. The van der Waals surface area contributed by atoms with Crippen LogP contribution in [-0.4, -0.2) is 27.7 Å². The second-order valence-electron chi connectivity index (χ2n) is 6.58. The van der Waals surface area contributed by atoms with Crippen molar-refractivity contribution in [2.75, 3.05) is 23.4 Å². The Morgan fingerprint density at radius 3 is 2.21 bits per heavy atom. The molecule has 3 aromatic carbocycles. The molecule has 0 saturated heterocycles. The predicted molar refractivity (Wildman–Crippen MR) is 116 cm³/mol. The van der Waals surface area contributed by atoms with E-state index in [2.05, 4.69) is 10.0 Å². The number of hydrogen-bond acceptors (Lipinski definition) is 4. The van der Waals surface area contributed by atoms with Crippen LogP contribution in [0.2, 0.25) is 0 Å². The van der Waals surface area contributed by atoms with Crippen LogP contribution in [0, 0.1) is 0 Å². The lowest BCUT2D eigenvalue weighted by Gasteiger charge is -2.12. The Balaban J connectivity index is 1.66. The molecule has 0 aliphatic carbocycles. The van der Waals surface area contributed by atoms with Crippen LogP contribution in [-0.2, 0) is 21.2 Å². The van der Waals surface area contributed by atoms with Gasteiger partial charge in [-0.1, -0.05) is 54.6 Å². The molecular formula is C22H22N2O4S. The smallest absolute Gasteiger partial charge is 0.229 e. The van der Waals surface area contributed by atoms with Crippen molar-refractivity contribution in [2.24, 2.45) is 0 Å². The summed E-state index contributed by atoms with van der Waals surface area (Å²) in [6.45, 7) is 0. The van der Waals surface area contributed by atoms with Gasteiger partial charge in [0.25, 0.3) is 0 Å². The van der Waals surface area contributed by atoms with Gasteiger partial charge >= 0.3 is 0 Å². The van der Waals surface area contributed by atoms with E-state index < -0.39 is 10.0 Å². The average molecular weight is 410 g/mol. The van der Waals surface area contributed by atoms with Gasteiger partial charge in [0.15, 0.2) is 0 Å². The second-order valence-corrected chi connectivity index (χ2v) is 8.33. The summed E-state index contributed by atoms with van der Waals surface area (Å²) in [7, 11) is -1.99. The van der Waals surface area contributed by atoms with Crippen LogP contribution in [0.15, 0.2) is 72.8 Å². The van der Waals surface area contributed by atoms with Crippen molar-refractivity contribution in [3.63, 3.8) is 0 Å². The van der Waals surface area contributed by atoms with Crippen LogP contribution in [0.1, 0.15) is 5.56 Å². The lowest BCUT2D eigenvalue weighted by Crippen LogP contribution is -2.15. The van der Waals surface area contributed by atoms with Gasteiger partial charge in [-0.05, 0) is 28.8 Å². The maximum atomic E-state index is 12.4. The van der Waals surface area contributed by atoms with Crippen molar-refractivity contribution in [3.8, 4) is 16.9 Å². The number of rotatable bonds is 7. The molecule has 0 heterocycles. The van der Waals surface area contributed by atoms with Crippen LogP contribution >= 0.6 is 0 Å². The third kappa shape index (κ3) is 5.83. The Bertz CT molecular complexity index is 1100. The quantitative estimate of drug-likeness (QED) is 0.618. The first-order valence-electron chi connectivity index (χ1n) is 8.94. The van der Waals surface area contributed by atoms with E-state index in [1.54, 1.807) is 18.2 Å². The molecule has 0 atom stereocenters. The first-order chi connectivity index (χ1) is 13.8. The molecule has 0 bridgehead atoms. The summed E-state index contributed by atoms with van der Waals surface area (Å²) in [6.07, 6.45) is 1.28. The predicted octanol–water partition coefficient (Wildman–Crippen LogP) is 3.91. The monoisotopic (exact) mass is 410 g/mol. The number of hydrogen-bond donors (Lipinski definition) is 2. The number of anilines is 2. The van der Waals surface area contributed by atoms with Crippen molar-refractivity contribution < 1.29 is 17.9 Å². The maximum Gasteiger partial charge on any atom is 0.229 e. The number of benzene rings is 3. The fraction of sp³-hybridized carbons (Fsp3) is 0.136. The van der Waals surface area contributed by atoms with E-state index in [4.69, 9.17) is 4.74 Å². The normalized spacial score (nSPS) is 11.0. The standard InChI is InChI=1S/C22H22N2O4S/c1-28-21-15-19(12-13-20(21)24-29(2,26)27)23-22(25)14-16-8-10-18(11-9-16)17-6-4-3-5-7-17/h3-13,15,24H,14H2,1-2H3,(H,23,25). The van der Waals surface area contributed by atoms with Gasteiger partial charge in [0.2, 0.25) is 15.9 Å². The minimum Gasteiger partial charge on any atom is -0.494 e.